The van der Waals surface area contributed by atoms with E-state index in [1.54, 1.807) is 11.9 Å². The summed E-state index contributed by atoms with van der Waals surface area (Å²) in [5.41, 5.74) is 6.35. The molecule has 0 aliphatic carbocycles. The van der Waals surface area contributed by atoms with Crippen molar-refractivity contribution in [1.82, 2.24) is 0 Å². The van der Waals surface area contributed by atoms with Crippen LogP contribution in [0.1, 0.15) is 6.42 Å². The van der Waals surface area contributed by atoms with Crippen molar-refractivity contribution >= 4 is 11.4 Å². The van der Waals surface area contributed by atoms with E-state index in [2.05, 4.69) is 4.74 Å². The Morgan fingerprint density at radius 2 is 2.21 bits per heavy atom. The van der Waals surface area contributed by atoms with Crippen molar-refractivity contribution in [2.24, 2.45) is 0 Å². The smallest absolute Gasteiger partial charge is 0.387 e. The lowest BCUT2D eigenvalue weighted by atomic mass is 10.1. The number of halogens is 3. The van der Waals surface area contributed by atoms with E-state index in [-0.39, 0.29) is 11.7 Å². The average molecular weight is 276 g/mol. The summed E-state index contributed by atoms with van der Waals surface area (Å²) in [5, 5.41) is 0. The molecule has 0 bridgehead atoms. The molecule has 1 fully saturated rings. The monoisotopic (exact) mass is 276 g/mol. The Labute approximate surface area is 108 Å². The fourth-order valence-electron chi connectivity index (χ4n) is 2.07. The normalized spacial score (nSPS) is 18.9. The number of nitrogens with two attached hydrogens (primary N) is 1. The highest BCUT2D eigenvalue weighted by atomic mass is 19.3. The Kier molecular flexibility index (Phi) is 4.04. The highest BCUT2D eigenvalue weighted by molar-refractivity contribution is 5.70. The van der Waals surface area contributed by atoms with Gasteiger partial charge in [0.2, 0.25) is 0 Å². The lowest BCUT2D eigenvalue weighted by molar-refractivity contribution is -0.0521. The largest absolute Gasteiger partial charge is 0.432 e. The van der Waals surface area contributed by atoms with Crippen LogP contribution in [0.5, 0.6) is 5.75 Å². The maximum atomic E-state index is 13.4. The number of hydrogen-bond acceptors (Lipinski definition) is 4. The summed E-state index contributed by atoms with van der Waals surface area (Å²) < 4.78 is 47.2. The van der Waals surface area contributed by atoms with Gasteiger partial charge < -0.3 is 20.1 Å². The van der Waals surface area contributed by atoms with Crippen molar-refractivity contribution in [3.8, 4) is 5.75 Å². The Morgan fingerprint density at radius 3 is 2.79 bits per heavy atom. The van der Waals surface area contributed by atoms with Crippen molar-refractivity contribution in [2.45, 2.75) is 19.1 Å². The van der Waals surface area contributed by atoms with Crippen molar-refractivity contribution in [2.75, 3.05) is 30.9 Å². The van der Waals surface area contributed by atoms with E-state index < -0.39 is 18.2 Å². The standard InChI is InChI=1S/C12H15F3N2O2/c1-17(7-2-3-18-6-7)10-5-11(19-12(14)15)8(13)4-9(10)16/h4-5,7,12H,2-3,6,16H2,1H3. The Morgan fingerprint density at radius 1 is 1.47 bits per heavy atom. The van der Waals surface area contributed by atoms with Crippen LogP contribution in [-0.4, -0.2) is 32.9 Å². The number of hydrogen-bond donors (Lipinski definition) is 1. The topological polar surface area (TPSA) is 47.7 Å². The third kappa shape index (κ3) is 3.04. The minimum atomic E-state index is -3.08. The van der Waals surface area contributed by atoms with Gasteiger partial charge in [-0.25, -0.2) is 4.39 Å². The Hall–Kier alpha value is -1.63. The predicted octanol–water partition coefficient (Wildman–Crippen LogP) is 2.23. The number of nitrogens with zero attached hydrogens (tertiary/aromatic N) is 1. The minimum Gasteiger partial charge on any atom is -0.432 e. The van der Waals surface area contributed by atoms with Gasteiger partial charge in [0.05, 0.1) is 24.0 Å². The second-order valence-electron chi connectivity index (χ2n) is 4.35. The quantitative estimate of drug-likeness (QED) is 0.857. The zero-order valence-corrected chi connectivity index (χ0v) is 10.4. The minimum absolute atomic E-state index is 0.0900. The molecule has 0 spiro atoms. The number of nitrogen functional groups attached to an aromatic ring is 1. The van der Waals surface area contributed by atoms with Crippen LogP contribution >= 0.6 is 0 Å². The molecule has 0 radical (unpaired) electrons. The van der Waals surface area contributed by atoms with E-state index in [1.807, 2.05) is 0 Å². The van der Waals surface area contributed by atoms with Gasteiger partial charge in [-0.2, -0.15) is 8.78 Å². The summed E-state index contributed by atoms with van der Waals surface area (Å²) in [6.07, 6.45) is 0.804. The molecule has 0 saturated carbocycles. The SMILES string of the molecule is CN(c1cc(OC(F)F)c(F)cc1N)C1CCOC1. The number of ether oxygens (including phenoxy) is 2. The van der Waals surface area contributed by atoms with E-state index in [4.69, 9.17) is 10.5 Å². The maximum absolute atomic E-state index is 13.4. The van der Waals surface area contributed by atoms with Crippen LogP contribution in [0, 0.1) is 5.82 Å². The van der Waals surface area contributed by atoms with Gasteiger partial charge in [-0.15, -0.1) is 0 Å². The van der Waals surface area contributed by atoms with Crippen LogP contribution in [0.4, 0.5) is 24.5 Å². The summed E-state index contributed by atoms with van der Waals surface area (Å²) in [4.78, 5) is 1.79. The first-order chi connectivity index (χ1) is 8.99. The number of rotatable bonds is 4. The molecule has 1 heterocycles. The lowest BCUT2D eigenvalue weighted by Crippen LogP contribution is -2.32. The molecule has 1 aromatic carbocycles. The third-order valence-corrected chi connectivity index (χ3v) is 3.13. The van der Waals surface area contributed by atoms with Crippen molar-refractivity contribution in [3.05, 3.63) is 17.9 Å². The molecule has 2 N–H and O–H groups in total. The Bertz CT molecular complexity index is 451. The summed E-state index contributed by atoms with van der Waals surface area (Å²) in [7, 11) is 1.76. The van der Waals surface area contributed by atoms with Crippen LogP contribution in [-0.2, 0) is 4.74 Å². The van der Waals surface area contributed by atoms with Crippen molar-refractivity contribution < 1.29 is 22.6 Å². The van der Waals surface area contributed by atoms with Gasteiger partial charge in [0.1, 0.15) is 0 Å². The molecule has 1 atom stereocenters. The third-order valence-electron chi connectivity index (χ3n) is 3.13. The maximum Gasteiger partial charge on any atom is 0.387 e. The number of anilines is 2. The van der Waals surface area contributed by atoms with Crippen LogP contribution < -0.4 is 15.4 Å². The summed E-state index contributed by atoms with van der Waals surface area (Å²) >= 11 is 0. The molecule has 0 aromatic heterocycles. The van der Waals surface area contributed by atoms with Crippen LogP contribution in [0.3, 0.4) is 0 Å². The highest BCUT2D eigenvalue weighted by Crippen LogP contribution is 2.33. The number of likely N-dealkylation sites (N-methyl/N-ethyl adjacent to an activating group) is 1. The predicted molar refractivity (Wildman–Crippen MR) is 65.1 cm³/mol. The fraction of sp³-hybridized carbons (Fsp3) is 0.500. The van der Waals surface area contributed by atoms with Gasteiger partial charge in [0.15, 0.2) is 11.6 Å². The fourth-order valence-corrected chi connectivity index (χ4v) is 2.07. The summed E-state index contributed by atoms with van der Waals surface area (Å²) in [6.45, 7) is -1.92. The van der Waals surface area contributed by atoms with Gasteiger partial charge in [0.25, 0.3) is 0 Å². The lowest BCUT2D eigenvalue weighted by Gasteiger charge is -2.27. The number of alkyl halides is 2. The molecular formula is C12H15F3N2O2. The molecule has 1 aromatic rings. The summed E-state index contributed by atoms with van der Waals surface area (Å²) in [6, 6.07) is 2.27. The van der Waals surface area contributed by atoms with Crippen LogP contribution in [0.2, 0.25) is 0 Å². The van der Waals surface area contributed by atoms with Gasteiger partial charge in [-0.3, -0.25) is 0 Å². The van der Waals surface area contributed by atoms with Gasteiger partial charge >= 0.3 is 6.61 Å². The van der Waals surface area contributed by atoms with E-state index in [1.165, 1.54) is 6.07 Å². The van der Waals surface area contributed by atoms with E-state index in [0.717, 1.165) is 12.5 Å². The number of benzene rings is 1. The molecule has 19 heavy (non-hydrogen) atoms. The van der Waals surface area contributed by atoms with Crippen molar-refractivity contribution in [1.29, 1.82) is 0 Å². The zero-order chi connectivity index (χ0) is 14.0. The molecule has 1 aliphatic heterocycles. The first kappa shape index (κ1) is 13.8. The molecule has 2 rings (SSSR count). The first-order valence-electron chi connectivity index (χ1n) is 5.83. The van der Waals surface area contributed by atoms with Gasteiger partial charge in [0, 0.05) is 25.8 Å². The van der Waals surface area contributed by atoms with E-state index in [9.17, 15) is 13.2 Å². The van der Waals surface area contributed by atoms with Gasteiger partial charge in [-0.05, 0) is 6.42 Å². The average Bonchev–Trinajstić information content (AvgIpc) is 2.85. The van der Waals surface area contributed by atoms with Crippen molar-refractivity contribution in [3.63, 3.8) is 0 Å². The molecular weight excluding hydrogens is 261 g/mol. The summed E-state index contributed by atoms with van der Waals surface area (Å²) in [5.74, 6) is -1.41. The van der Waals surface area contributed by atoms with E-state index in [0.29, 0.717) is 18.9 Å². The van der Waals surface area contributed by atoms with Gasteiger partial charge in [-0.1, -0.05) is 0 Å². The van der Waals surface area contributed by atoms with E-state index >= 15 is 0 Å². The van der Waals surface area contributed by atoms with Crippen LogP contribution in [0.15, 0.2) is 12.1 Å². The second-order valence-corrected chi connectivity index (χ2v) is 4.35. The molecule has 4 nitrogen and oxygen atoms in total. The van der Waals surface area contributed by atoms with Crippen LogP contribution in [0.25, 0.3) is 0 Å². The molecule has 1 saturated heterocycles. The highest BCUT2D eigenvalue weighted by Gasteiger charge is 2.23. The second kappa shape index (κ2) is 5.56. The molecule has 1 aliphatic rings. The first-order valence-corrected chi connectivity index (χ1v) is 5.83. The molecule has 0 amide bonds. The molecule has 1 unspecified atom stereocenters. The zero-order valence-electron chi connectivity index (χ0n) is 10.4. The molecule has 7 heteroatoms. The molecule has 106 valence electrons. The Balaban J connectivity index is 2.28.